The third-order valence-electron chi connectivity index (χ3n) is 6.36. The quantitative estimate of drug-likeness (QED) is 0.693. The maximum Gasteiger partial charge on any atom is 0.225 e. The molecule has 32 heavy (non-hydrogen) atoms. The van der Waals surface area contributed by atoms with E-state index in [1.807, 2.05) is 36.4 Å². The third-order valence-corrected chi connectivity index (χ3v) is 8.21. The van der Waals surface area contributed by atoms with Crippen LogP contribution in [0.25, 0.3) is 0 Å². The molecule has 170 valence electrons. The summed E-state index contributed by atoms with van der Waals surface area (Å²) in [6.45, 7) is 3.46. The number of rotatable bonds is 5. The fourth-order valence-corrected chi connectivity index (χ4v) is 6.15. The lowest BCUT2D eigenvalue weighted by Crippen LogP contribution is -2.51. The second-order valence-electron chi connectivity index (χ2n) is 8.40. The zero-order valence-corrected chi connectivity index (χ0v) is 19.1. The molecule has 0 radical (unpaired) electrons. The van der Waals surface area contributed by atoms with Gasteiger partial charge in [0.15, 0.2) is 0 Å². The molecule has 1 unspecified atom stereocenters. The highest BCUT2D eigenvalue weighted by molar-refractivity contribution is 7.88. The lowest BCUT2D eigenvalue weighted by molar-refractivity contribution is -0.137. The number of carbonyl (C=O) groups excluding carboxylic acids is 2. The molecule has 1 atom stereocenters. The number of nitrogens with zero attached hydrogens (tertiary/aromatic N) is 3. The Morgan fingerprint density at radius 1 is 0.906 bits per heavy atom. The van der Waals surface area contributed by atoms with Crippen molar-refractivity contribution < 1.29 is 18.0 Å². The zero-order chi connectivity index (χ0) is 22.7. The highest BCUT2D eigenvalue weighted by Crippen LogP contribution is 2.33. The Labute approximate surface area is 189 Å². The van der Waals surface area contributed by atoms with Crippen LogP contribution in [0.5, 0.6) is 0 Å². The number of fused-ring (bicyclic) bond motifs is 1. The van der Waals surface area contributed by atoms with Crippen LogP contribution in [0, 0.1) is 0 Å². The van der Waals surface area contributed by atoms with Gasteiger partial charge in [-0.05, 0) is 23.1 Å². The standard InChI is InChI=1S/C24H29N3O4S/c1-19(28)27-12-11-21-9-5-6-10-22(21)23(27)17-24(29)25-13-15-26(16-14-25)32(30,31)18-20-7-3-2-4-8-20/h2-10,23H,11-18H2,1H3. The molecule has 1 saturated heterocycles. The van der Waals surface area contributed by atoms with Gasteiger partial charge in [0.1, 0.15) is 0 Å². The van der Waals surface area contributed by atoms with Gasteiger partial charge < -0.3 is 9.80 Å². The van der Waals surface area contributed by atoms with Crippen LogP contribution in [0.1, 0.15) is 36.1 Å². The average molecular weight is 456 g/mol. The summed E-state index contributed by atoms with van der Waals surface area (Å²) in [6.07, 6.45) is 1.01. The highest BCUT2D eigenvalue weighted by atomic mass is 32.2. The fraction of sp³-hybridized carbons (Fsp3) is 0.417. The van der Waals surface area contributed by atoms with Crippen LogP contribution in [0.2, 0.25) is 0 Å². The van der Waals surface area contributed by atoms with Crippen LogP contribution in [0.15, 0.2) is 54.6 Å². The van der Waals surface area contributed by atoms with E-state index >= 15 is 0 Å². The largest absolute Gasteiger partial charge is 0.340 e. The fourth-order valence-electron chi connectivity index (χ4n) is 4.63. The molecule has 2 aliphatic heterocycles. The second kappa shape index (κ2) is 9.42. The SMILES string of the molecule is CC(=O)N1CCc2ccccc2C1CC(=O)N1CCN(S(=O)(=O)Cc2ccccc2)CC1. The number of piperazine rings is 1. The average Bonchev–Trinajstić information content (AvgIpc) is 2.79. The number of amides is 2. The molecular formula is C24H29N3O4S. The van der Waals surface area contributed by atoms with Crippen molar-refractivity contribution in [2.45, 2.75) is 31.6 Å². The van der Waals surface area contributed by atoms with E-state index < -0.39 is 10.0 Å². The van der Waals surface area contributed by atoms with E-state index in [1.54, 1.807) is 28.9 Å². The smallest absolute Gasteiger partial charge is 0.225 e. The first-order valence-electron chi connectivity index (χ1n) is 11.0. The van der Waals surface area contributed by atoms with Gasteiger partial charge in [-0.1, -0.05) is 54.6 Å². The summed E-state index contributed by atoms with van der Waals surface area (Å²) in [6, 6.07) is 16.8. The van der Waals surface area contributed by atoms with E-state index in [0.29, 0.717) is 32.7 Å². The van der Waals surface area contributed by atoms with Gasteiger partial charge in [-0.25, -0.2) is 8.42 Å². The molecule has 1 fully saturated rings. The first-order chi connectivity index (χ1) is 15.3. The molecule has 7 nitrogen and oxygen atoms in total. The van der Waals surface area contributed by atoms with E-state index in [1.165, 1.54) is 9.87 Å². The summed E-state index contributed by atoms with van der Waals surface area (Å²) < 4.78 is 27.0. The van der Waals surface area contributed by atoms with Crippen molar-refractivity contribution in [1.29, 1.82) is 0 Å². The molecule has 2 aromatic rings. The Hall–Kier alpha value is -2.71. The first-order valence-corrected chi connectivity index (χ1v) is 12.6. The van der Waals surface area contributed by atoms with E-state index in [0.717, 1.165) is 17.5 Å². The van der Waals surface area contributed by atoms with Gasteiger partial charge in [-0.2, -0.15) is 4.31 Å². The monoisotopic (exact) mass is 455 g/mol. The number of hydrogen-bond acceptors (Lipinski definition) is 4. The molecule has 0 saturated carbocycles. The highest BCUT2D eigenvalue weighted by Gasteiger charge is 2.34. The molecule has 2 aliphatic rings. The number of carbonyl (C=O) groups is 2. The van der Waals surface area contributed by atoms with Gasteiger partial charge in [0.2, 0.25) is 21.8 Å². The normalized spacial score (nSPS) is 19.5. The van der Waals surface area contributed by atoms with Crippen molar-refractivity contribution in [1.82, 2.24) is 14.1 Å². The molecule has 2 aromatic carbocycles. The van der Waals surface area contributed by atoms with E-state index in [4.69, 9.17) is 0 Å². The Kier molecular flexibility index (Phi) is 6.62. The molecule has 0 spiro atoms. The maximum absolute atomic E-state index is 13.1. The summed E-state index contributed by atoms with van der Waals surface area (Å²) in [5, 5.41) is 0. The number of benzene rings is 2. The summed E-state index contributed by atoms with van der Waals surface area (Å²) in [5.41, 5.74) is 2.97. The van der Waals surface area contributed by atoms with E-state index in [9.17, 15) is 18.0 Å². The lowest BCUT2D eigenvalue weighted by atomic mass is 9.90. The minimum atomic E-state index is -3.43. The molecule has 8 heteroatoms. The molecular weight excluding hydrogens is 426 g/mol. The van der Waals surface area contributed by atoms with Crippen molar-refractivity contribution in [3.8, 4) is 0 Å². The van der Waals surface area contributed by atoms with Gasteiger partial charge in [0.05, 0.1) is 18.2 Å². The third kappa shape index (κ3) is 4.86. The summed E-state index contributed by atoms with van der Waals surface area (Å²) in [5.74, 6) is -0.110. The van der Waals surface area contributed by atoms with E-state index in [-0.39, 0.29) is 30.0 Å². The topological polar surface area (TPSA) is 78.0 Å². The van der Waals surface area contributed by atoms with Crippen molar-refractivity contribution in [2.75, 3.05) is 32.7 Å². The lowest BCUT2D eigenvalue weighted by Gasteiger charge is -2.39. The summed E-state index contributed by atoms with van der Waals surface area (Å²) in [7, 11) is -3.43. The van der Waals surface area contributed by atoms with Gasteiger partial charge in [-0.3, -0.25) is 9.59 Å². The minimum Gasteiger partial charge on any atom is -0.340 e. The summed E-state index contributed by atoms with van der Waals surface area (Å²) in [4.78, 5) is 28.8. The predicted octanol–water partition coefficient (Wildman–Crippen LogP) is 2.20. The molecule has 0 bridgehead atoms. The maximum atomic E-state index is 13.1. The van der Waals surface area contributed by atoms with Crippen LogP contribution in [-0.2, 0) is 31.8 Å². The zero-order valence-electron chi connectivity index (χ0n) is 18.3. The Morgan fingerprint density at radius 3 is 2.25 bits per heavy atom. The predicted molar refractivity (Wildman–Crippen MR) is 122 cm³/mol. The van der Waals surface area contributed by atoms with Crippen LogP contribution < -0.4 is 0 Å². The van der Waals surface area contributed by atoms with Crippen LogP contribution in [0.4, 0.5) is 0 Å². The number of sulfonamides is 1. The second-order valence-corrected chi connectivity index (χ2v) is 10.4. The molecule has 0 aromatic heterocycles. The first kappa shape index (κ1) is 22.5. The van der Waals surface area contributed by atoms with Gasteiger partial charge in [0, 0.05) is 39.6 Å². The molecule has 0 N–H and O–H groups in total. The molecule has 2 heterocycles. The number of hydrogen-bond donors (Lipinski definition) is 0. The van der Waals surface area contributed by atoms with Crippen molar-refractivity contribution in [2.24, 2.45) is 0 Å². The molecule has 4 rings (SSSR count). The minimum absolute atomic E-state index is 0.0332. The summed E-state index contributed by atoms with van der Waals surface area (Å²) >= 11 is 0. The van der Waals surface area contributed by atoms with Gasteiger partial charge in [-0.15, -0.1) is 0 Å². The van der Waals surface area contributed by atoms with Crippen LogP contribution in [-0.4, -0.2) is 67.1 Å². The van der Waals surface area contributed by atoms with Crippen LogP contribution >= 0.6 is 0 Å². The van der Waals surface area contributed by atoms with Crippen LogP contribution in [0.3, 0.4) is 0 Å². The Morgan fingerprint density at radius 2 is 1.56 bits per heavy atom. The van der Waals surface area contributed by atoms with Crippen molar-refractivity contribution >= 4 is 21.8 Å². The van der Waals surface area contributed by atoms with Gasteiger partial charge in [0.25, 0.3) is 0 Å². The van der Waals surface area contributed by atoms with Crippen molar-refractivity contribution in [3.63, 3.8) is 0 Å². The van der Waals surface area contributed by atoms with E-state index in [2.05, 4.69) is 6.07 Å². The van der Waals surface area contributed by atoms with Gasteiger partial charge >= 0.3 is 0 Å². The molecule has 0 aliphatic carbocycles. The van der Waals surface area contributed by atoms with Crippen molar-refractivity contribution in [3.05, 3.63) is 71.3 Å². The molecule has 2 amide bonds. The Balaban J connectivity index is 1.40. The Bertz CT molecular complexity index is 1080.